The van der Waals surface area contributed by atoms with E-state index < -0.39 is 17.3 Å². The van der Waals surface area contributed by atoms with Crippen molar-refractivity contribution in [1.29, 1.82) is 0 Å². The van der Waals surface area contributed by atoms with E-state index in [0.29, 0.717) is 12.2 Å². The van der Waals surface area contributed by atoms with Crippen LogP contribution in [0.3, 0.4) is 0 Å². The van der Waals surface area contributed by atoms with E-state index in [-0.39, 0.29) is 22.4 Å². The molecule has 1 aliphatic heterocycles. The summed E-state index contributed by atoms with van der Waals surface area (Å²) in [5.41, 5.74) is -0.110. The second-order valence-corrected chi connectivity index (χ2v) is 5.64. The number of aromatic carboxylic acids is 1. The molecule has 6 heteroatoms. The molecule has 0 amide bonds. The number of nitrogens with one attached hydrogen (secondary N) is 1. The van der Waals surface area contributed by atoms with Gasteiger partial charge in [-0.3, -0.25) is 4.79 Å². The maximum Gasteiger partial charge on any atom is 0.338 e. The van der Waals surface area contributed by atoms with E-state index in [2.05, 4.69) is 5.32 Å². The van der Waals surface area contributed by atoms with Crippen LogP contribution in [0.1, 0.15) is 28.9 Å². The minimum Gasteiger partial charge on any atom is -0.478 e. The van der Waals surface area contributed by atoms with Crippen molar-refractivity contribution >= 4 is 16.7 Å². The molecule has 1 aliphatic rings. The Morgan fingerprint density at radius 1 is 1.50 bits per heavy atom. The van der Waals surface area contributed by atoms with Crippen LogP contribution >= 0.6 is 0 Å². The van der Waals surface area contributed by atoms with E-state index >= 15 is 0 Å². The van der Waals surface area contributed by atoms with Gasteiger partial charge in [0.1, 0.15) is 5.82 Å². The van der Waals surface area contributed by atoms with Gasteiger partial charge in [0.2, 0.25) is 0 Å². The molecule has 0 bridgehead atoms. The van der Waals surface area contributed by atoms with E-state index in [0.717, 1.165) is 19.4 Å². The van der Waals surface area contributed by atoms with Crippen LogP contribution in [0.25, 0.3) is 10.8 Å². The number of rotatable bonds is 3. The number of aromatic nitrogens is 1. The fraction of sp³-hybridized carbons (Fsp3) is 0.375. The Balaban J connectivity index is 2.29. The van der Waals surface area contributed by atoms with Gasteiger partial charge in [0, 0.05) is 23.7 Å². The van der Waals surface area contributed by atoms with Gasteiger partial charge in [-0.05, 0) is 32.4 Å². The summed E-state index contributed by atoms with van der Waals surface area (Å²) in [4.78, 5) is 24.2. The number of halogens is 1. The van der Waals surface area contributed by atoms with Crippen LogP contribution in [-0.2, 0) is 6.54 Å². The zero-order chi connectivity index (χ0) is 15.9. The Morgan fingerprint density at radius 2 is 2.27 bits per heavy atom. The lowest BCUT2D eigenvalue weighted by atomic mass is 10.0. The first-order valence-electron chi connectivity index (χ1n) is 7.29. The number of fused-ring (bicyclic) bond motifs is 1. The van der Waals surface area contributed by atoms with Crippen LogP contribution in [0.5, 0.6) is 0 Å². The Morgan fingerprint density at radius 3 is 2.91 bits per heavy atom. The van der Waals surface area contributed by atoms with Crippen LogP contribution in [0.2, 0.25) is 0 Å². The van der Waals surface area contributed by atoms with Crippen molar-refractivity contribution in [1.82, 2.24) is 9.88 Å². The normalized spacial score (nSPS) is 18.0. The van der Waals surface area contributed by atoms with Gasteiger partial charge in [-0.25, -0.2) is 9.18 Å². The second-order valence-electron chi connectivity index (χ2n) is 5.64. The maximum atomic E-state index is 14.1. The van der Waals surface area contributed by atoms with Crippen molar-refractivity contribution in [3.05, 3.63) is 45.6 Å². The lowest BCUT2D eigenvalue weighted by molar-refractivity contribution is 0.0697. The molecule has 0 radical (unpaired) electrons. The highest BCUT2D eigenvalue weighted by atomic mass is 19.1. The molecule has 0 unspecified atom stereocenters. The molecule has 1 fully saturated rings. The fourth-order valence-corrected chi connectivity index (χ4v) is 3.19. The van der Waals surface area contributed by atoms with Crippen LogP contribution in [0.15, 0.2) is 23.0 Å². The molecule has 2 N–H and O–H groups in total. The average molecular weight is 304 g/mol. The Hall–Kier alpha value is -2.21. The minimum absolute atomic E-state index is 0.00732. The molecule has 22 heavy (non-hydrogen) atoms. The van der Waals surface area contributed by atoms with Gasteiger partial charge >= 0.3 is 5.97 Å². The van der Waals surface area contributed by atoms with Crippen LogP contribution in [0.4, 0.5) is 4.39 Å². The molecular weight excluding hydrogens is 287 g/mol. The predicted molar refractivity (Wildman–Crippen MR) is 80.9 cm³/mol. The number of hydrogen-bond donors (Lipinski definition) is 2. The summed E-state index contributed by atoms with van der Waals surface area (Å²) < 4.78 is 15.5. The van der Waals surface area contributed by atoms with Gasteiger partial charge < -0.3 is 15.0 Å². The number of nitrogens with zero attached hydrogens (tertiary/aromatic N) is 1. The van der Waals surface area contributed by atoms with Crippen molar-refractivity contribution in [2.75, 3.05) is 6.54 Å². The summed E-state index contributed by atoms with van der Waals surface area (Å²) in [5, 5.41) is 12.8. The standard InChI is InChI=1S/C16H17FN2O3/c1-9-13(16(21)22)11-5-2-6-12(17)14(11)15(20)19(9)8-10-4-3-7-18-10/h2,5-6,10,18H,3-4,7-8H2,1H3,(H,21,22)/t10-/m1/s1. The molecule has 2 aromatic rings. The topological polar surface area (TPSA) is 71.3 Å². The molecule has 0 aliphatic carbocycles. The van der Waals surface area contributed by atoms with Crippen LogP contribution < -0.4 is 10.9 Å². The largest absolute Gasteiger partial charge is 0.478 e. The fourth-order valence-electron chi connectivity index (χ4n) is 3.19. The summed E-state index contributed by atoms with van der Waals surface area (Å²) in [7, 11) is 0. The molecule has 1 atom stereocenters. The molecule has 5 nitrogen and oxygen atoms in total. The molecule has 1 aromatic carbocycles. The molecule has 0 saturated carbocycles. The predicted octanol–water partition coefficient (Wildman–Crippen LogP) is 1.90. The quantitative estimate of drug-likeness (QED) is 0.908. The highest BCUT2D eigenvalue weighted by Gasteiger charge is 2.23. The lowest BCUT2D eigenvalue weighted by Crippen LogP contribution is -2.34. The highest BCUT2D eigenvalue weighted by molar-refractivity contribution is 6.04. The molecule has 2 heterocycles. The van der Waals surface area contributed by atoms with Crippen molar-refractivity contribution in [2.24, 2.45) is 0 Å². The zero-order valence-corrected chi connectivity index (χ0v) is 12.2. The molecule has 1 aromatic heterocycles. The summed E-state index contributed by atoms with van der Waals surface area (Å²) in [6.07, 6.45) is 1.94. The number of carbonyl (C=O) groups is 1. The number of carboxylic acids is 1. The average Bonchev–Trinajstić information content (AvgIpc) is 2.96. The third-order valence-electron chi connectivity index (χ3n) is 4.29. The Labute approximate surface area is 126 Å². The Bertz CT molecular complexity index is 807. The number of carboxylic acid groups (broad SMARTS) is 1. The SMILES string of the molecule is Cc1c(C(=O)O)c2cccc(F)c2c(=O)n1C[C@H]1CCCN1. The van der Waals surface area contributed by atoms with Crippen LogP contribution in [0, 0.1) is 12.7 Å². The number of benzene rings is 1. The van der Waals surface area contributed by atoms with Gasteiger partial charge in [-0.2, -0.15) is 0 Å². The van der Waals surface area contributed by atoms with Gasteiger partial charge in [-0.15, -0.1) is 0 Å². The van der Waals surface area contributed by atoms with Crippen LogP contribution in [-0.4, -0.2) is 28.2 Å². The first kappa shape index (κ1) is 14.7. The first-order chi connectivity index (χ1) is 10.5. The molecule has 0 spiro atoms. The zero-order valence-electron chi connectivity index (χ0n) is 12.2. The summed E-state index contributed by atoms with van der Waals surface area (Å²) in [5.74, 6) is -1.83. The first-order valence-corrected chi connectivity index (χ1v) is 7.29. The summed E-state index contributed by atoms with van der Waals surface area (Å²) in [6.45, 7) is 2.84. The van der Waals surface area contributed by atoms with E-state index in [1.807, 2.05) is 0 Å². The maximum absolute atomic E-state index is 14.1. The Kier molecular flexibility index (Phi) is 3.70. The van der Waals surface area contributed by atoms with Crippen molar-refractivity contribution in [2.45, 2.75) is 32.4 Å². The monoisotopic (exact) mass is 304 g/mol. The molecular formula is C16H17FN2O3. The third-order valence-corrected chi connectivity index (χ3v) is 4.29. The number of pyridine rings is 1. The van der Waals surface area contributed by atoms with Gasteiger partial charge in [0.25, 0.3) is 5.56 Å². The molecule has 116 valence electrons. The van der Waals surface area contributed by atoms with E-state index in [4.69, 9.17) is 0 Å². The van der Waals surface area contributed by atoms with Crippen molar-refractivity contribution in [3.8, 4) is 0 Å². The summed E-state index contributed by atoms with van der Waals surface area (Å²) >= 11 is 0. The van der Waals surface area contributed by atoms with E-state index in [1.165, 1.54) is 22.8 Å². The van der Waals surface area contributed by atoms with Gasteiger partial charge in [0.15, 0.2) is 0 Å². The summed E-state index contributed by atoms with van der Waals surface area (Å²) in [6, 6.07) is 4.20. The lowest BCUT2D eigenvalue weighted by Gasteiger charge is -2.18. The molecule has 3 rings (SSSR count). The van der Waals surface area contributed by atoms with Gasteiger partial charge in [0.05, 0.1) is 10.9 Å². The van der Waals surface area contributed by atoms with Gasteiger partial charge in [-0.1, -0.05) is 12.1 Å². The highest BCUT2D eigenvalue weighted by Crippen LogP contribution is 2.22. The van der Waals surface area contributed by atoms with E-state index in [9.17, 15) is 19.1 Å². The van der Waals surface area contributed by atoms with Crippen molar-refractivity contribution in [3.63, 3.8) is 0 Å². The smallest absolute Gasteiger partial charge is 0.338 e. The van der Waals surface area contributed by atoms with Crippen molar-refractivity contribution < 1.29 is 14.3 Å². The number of hydrogen-bond acceptors (Lipinski definition) is 3. The van der Waals surface area contributed by atoms with E-state index in [1.54, 1.807) is 6.92 Å². The molecule has 1 saturated heterocycles. The third kappa shape index (κ3) is 2.29. The second kappa shape index (κ2) is 5.53. The minimum atomic E-state index is -1.15.